The van der Waals surface area contributed by atoms with E-state index in [1.807, 2.05) is 25.3 Å². The second-order valence-electron chi connectivity index (χ2n) is 7.26. The van der Waals surface area contributed by atoms with Gasteiger partial charge in [0.2, 0.25) is 10.0 Å². The summed E-state index contributed by atoms with van der Waals surface area (Å²) in [6.45, 7) is 8.49. The van der Waals surface area contributed by atoms with Gasteiger partial charge in [0.15, 0.2) is 0 Å². The molecule has 2 aliphatic heterocycles. The molecule has 0 spiro atoms. The number of rotatable bonds is 4. The van der Waals surface area contributed by atoms with Crippen LogP contribution in [0.4, 0.5) is 5.69 Å². The summed E-state index contributed by atoms with van der Waals surface area (Å²) in [5.41, 5.74) is 2.92. The molecule has 3 heterocycles. The lowest BCUT2D eigenvalue weighted by Crippen LogP contribution is -2.51. The van der Waals surface area contributed by atoms with Crippen LogP contribution in [0.2, 0.25) is 0 Å². The lowest BCUT2D eigenvalue weighted by molar-refractivity contribution is 0.163. The number of piperidine rings is 1. The standard InChI is InChI=1S/C19H25N5O2S/c1-3-24-13-16(14(2)21-24)12-23-10-8-15(9-11-23)19-20-17-6-4-5-7-18(17)27(25,26)22-19/h3-7,13,15,19-20,22H,1,8-12H2,2H3/t19-/m0/s1. The summed E-state index contributed by atoms with van der Waals surface area (Å²) < 4.78 is 29.6. The highest BCUT2D eigenvalue weighted by molar-refractivity contribution is 7.89. The number of nitrogens with zero attached hydrogens (tertiary/aromatic N) is 3. The van der Waals surface area contributed by atoms with Crippen molar-refractivity contribution in [3.63, 3.8) is 0 Å². The summed E-state index contributed by atoms with van der Waals surface area (Å²) in [7, 11) is -3.45. The number of sulfonamides is 1. The maximum absolute atomic E-state index is 12.5. The van der Waals surface area contributed by atoms with E-state index in [-0.39, 0.29) is 12.1 Å². The molecule has 8 heteroatoms. The second-order valence-corrected chi connectivity index (χ2v) is 8.94. The third-order valence-electron chi connectivity index (χ3n) is 5.47. The number of benzene rings is 1. The Morgan fingerprint density at radius 1 is 1.30 bits per heavy atom. The Hall–Kier alpha value is -2.16. The summed E-state index contributed by atoms with van der Waals surface area (Å²) in [6.07, 6.45) is 5.34. The smallest absolute Gasteiger partial charge is 0.244 e. The average Bonchev–Trinajstić information content (AvgIpc) is 3.01. The van der Waals surface area contributed by atoms with Crippen molar-refractivity contribution in [3.05, 3.63) is 48.3 Å². The van der Waals surface area contributed by atoms with Gasteiger partial charge in [0.1, 0.15) is 4.90 Å². The molecule has 0 radical (unpaired) electrons. The van der Waals surface area contributed by atoms with E-state index in [4.69, 9.17) is 0 Å². The highest BCUT2D eigenvalue weighted by Crippen LogP contribution is 2.31. The first-order chi connectivity index (χ1) is 13.0. The Labute approximate surface area is 160 Å². The van der Waals surface area contributed by atoms with Crippen molar-refractivity contribution in [1.82, 2.24) is 19.4 Å². The third-order valence-corrected chi connectivity index (χ3v) is 6.97. The van der Waals surface area contributed by atoms with Gasteiger partial charge in [-0.25, -0.2) is 13.1 Å². The average molecular weight is 388 g/mol. The van der Waals surface area contributed by atoms with Crippen molar-refractivity contribution >= 4 is 21.9 Å². The Morgan fingerprint density at radius 2 is 2.04 bits per heavy atom. The van der Waals surface area contributed by atoms with Gasteiger partial charge in [0.25, 0.3) is 0 Å². The van der Waals surface area contributed by atoms with Crippen LogP contribution in [0.15, 0.2) is 41.9 Å². The third kappa shape index (κ3) is 3.65. The zero-order valence-electron chi connectivity index (χ0n) is 15.4. The maximum atomic E-state index is 12.5. The van der Waals surface area contributed by atoms with Crippen molar-refractivity contribution in [2.75, 3.05) is 18.4 Å². The van der Waals surface area contributed by atoms with E-state index in [9.17, 15) is 8.42 Å². The number of anilines is 1. The van der Waals surface area contributed by atoms with E-state index < -0.39 is 10.0 Å². The van der Waals surface area contributed by atoms with Crippen molar-refractivity contribution in [3.8, 4) is 0 Å². The van der Waals surface area contributed by atoms with Gasteiger partial charge in [-0.1, -0.05) is 18.7 Å². The number of aromatic nitrogens is 2. The minimum atomic E-state index is -3.45. The highest BCUT2D eigenvalue weighted by Gasteiger charge is 2.35. The Bertz CT molecular complexity index is 945. The number of hydrogen-bond donors (Lipinski definition) is 2. The van der Waals surface area contributed by atoms with Gasteiger partial charge < -0.3 is 5.32 Å². The quantitative estimate of drug-likeness (QED) is 0.841. The number of fused-ring (bicyclic) bond motifs is 1. The minimum absolute atomic E-state index is 0.252. The second kappa shape index (κ2) is 7.10. The maximum Gasteiger partial charge on any atom is 0.244 e. The molecule has 0 aliphatic carbocycles. The molecule has 7 nitrogen and oxygen atoms in total. The van der Waals surface area contributed by atoms with E-state index in [2.05, 4.69) is 26.6 Å². The fourth-order valence-corrected chi connectivity index (χ4v) is 5.30. The zero-order valence-corrected chi connectivity index (χ0v) is 16.2. The van der Waals surface area contributed by atoms with Crippen molar-refractivity contribution in [1.29, 1.82) is 0 Å². The molecule has 0 saturated carbocycles. The van der Waals surface area contributed by atoms with E-state index in [0.717, 1.165) is 38.2 Å². The molecular weight excluding hydrogens is 362 g/mol. The number of hydrogen-bond acceptors (Lipinski definition) is 5. The summed E-state index contributed by atoms with van der Waals surface area (Å²) in [5.74, 6) is 0.265. The number of aryl methyl sites for hydroxylation is 1. The molecule has 1 aromatic heterocycles. The van der Waals surface area contributed by atoms with Crippen LogP contribution in [0.3, 0.4) is 0 Å². The van der Waals surface area contributed by atoms with E-state index in [1.165, 1.54) is 5.56 Å². The van der Waals surface area contributed by atoms with Crippen molar-refractivity contribution in [2.45, 2.75) is 37.4 Å². The van der Waals surface area contributed by atoms with Crippen LogP contribution >= 0.6 is 0 Å². The molecule has 4 rings (SSSR count). The lowest BCUT2D eigenvalue weighted by Gasteiger charge is -2.38. The number of para-hydroxylation sites is 1. The normalized spacial score (nSPS) is 22.8. The van der Waals surface area contributed by atoms with Crippen LogP contribution < -0.4 is 10.0 Å². The fraction of sp³-hybridized carbons (Fsp3) is 0.421. The Kier molecular flexibility index (Phi) is 4.79. The lowest BCUT2D eigenvalue weighted by atomic mass is 9.93. The van der Waals surface area contributed by atoms with Gasteiger partial charge >= 0.3 is 0 Å². The Morgan fingerprint density at radius 3 is 2.74 bits per heavy atom. The van der Waals surface area contributed by atoms with Crippen LogP contribution in [-0.4, -0.2) is 42.4 Å². The van der Waals surface area contributed by atoms with Gasteiger partial charge in [0.05, 0.1) is 17.5 Å². The molecule has 2 aliphatic rings. The predicted molar refractivity (Wildman–Crippen MR) is 106 cm³/mol. The van der Waals surface area contributed by atoms with Crippen molar-refractivity contribution in [2.24, 2.45) is 5.92 Å². The van der Waals surface area contributed by atoms with Crippen LogP contribution in [-0.2, 0) is 16.6 Å². The predicted octanol–water partition coefficient (Wildman–Crippen LogP) is 2.23. The molecule has 0 bridgehead atoms. The summed E-state index contributed by atoms with van der Waals surface area (Å²) in [6, 6.07) is 7.07. The summed E-state index contributed by atoms with van der Waals surface area (Å²) in [5, 5.41) is 7.78. The van der Waals surface area contributed by atoms with Gasteiger partial charge in [-0.15, -0.1) is 0 Å². The van der Waals surface area contributed by atoms with E-state index >= 15 is 0 Å². The highest BCUT2D eigenvalue weighted by atomic mass is 32.2. The van der Waals surface area contributed by atoms with Gasteiger partial charge in [-0.05, 0) is 50.9 Å². The van der Waals surface area contributed by atoms with Gasteiger partial charge in [0, 0.05) is 24.5 Å². The Balaban J connectivity index is 1.40. The van der Waals surface area contributed by atoms with Crippen LogP contribution in [0.5, 0.6) is 0 Å². The van der Waals surface area contributed by atoms with Gasteiger partial charge in [-0.3, -0.25) is 4.90 Å². The fourth-order valence-electron chi connectivity index (χ4n) is 3.92. The molecule has 1 aromatic carbocycles. The largest absolute Gasteiger partial charge is 0.368 e. The first kappa shape index (κ1) is 18.2. The molecule has 2 aromatic rings. The van der Waals surface area contributed by atoms with Crippen LogP contribution in [0.1, 0.15) is 24.1 Å². The number of nitrogens with one attached hydrogen (secondary N) is 2. The molecule has 0 unspecified atom stereocenters. The van der Waals surface area contributed by atoms with E-state index in [1.54, 1.807) is 23.0 Å². The van der Waals surface area contributed by atoms with Crippen LogP contribution in [0.25, 0.3) is 6.20 Å². The topological polar surface area (TPSA) is 79.3 Å². The summed E-state index contributed by atoms with van der Waals surface area (Å²) in [4.78, 5) is 2.73. The molecule has 0 amide bonds. The molecule has 1 fully saturated rings. The summed E-state index contributed by atoms with van der Waals surface area (Å²) >= 11 is 0. The molecular formula is C19H25N5O2S. The zero-order chi connectivity index (χ0) is 19.0. The first-order valence-electron chi connectivity index (χ1n) is 9.24. The SMILES string of the molecule is C=Cn1cc(CN2CCC([C@H]3Nc4ccccc4S(=O)(=O)N3)CC2)c(C)n1. The molecule has 1 atom stereocenters. The van der Waals surface area contributed by atoms with Crippen molar-refractivity contribution < 1.29 is 8.42 Å². The number of likely N-dealkylation sites (tertiary alicyclic amines) is 1. The van der Waals surface area contributed by atoms with Gasteiger partial charge in [-0.2, -0.15) is 9.82 Å². The monoisotopic (exact) mass is 387 g/mol. The molecule has 1 saturated heterocycles. The van der Waals surface area contributed by atoms with E-state index in [0.29, 0.717) is 10.6 Å². The first-order valence-corrected chi connectivity index (χ1v) is 10.7. The minimum Gasteiger partial charge on any atom is -0.368 e. The molecule has 27 heavy (non-hydrogen) atoms. The molecule has 144 valence electrons. The molecule has 2 N–H and O–H groups in total. The van der Waals surface area contributed by atoms with Crippen LogP contribution in [0, 0.1) is 12.8 Å².